The lowest BCUT2D eigenvalue weighted by Crippen LogP contribution is -2.17. The van der Waals surface area contributed by atoms with Crippen LogP contribution in [0, 0.1) is 11.6 Å². The van der Waals surface area contributed by atoms with Crippen LogP contribution in [0.5, 0.6) is 5.75 Å². The van der Waals surface area contributed by atoms with Crippen molar-refractivity contribution in [1.29, 1.82) is 0 Å². The van der Waals surface area contributed by atoms with Crippen molar-refractivity contribution in [2.24, 2.45) is 5.73 Å². The summed E-state index contributed by atoms with van der Waals surface area (Å²) in [5, 5.41) is 18.0. The van der Waals surface area contributed by atoms with Gasteiger partial charge in [0.15, 0.2) is 11.6 Å². The second kappa shape index (κ2) is 4.20. The zero-order valence-corrected chi connectivity index (χ0v) is 8.55. The number of rotatable bonds is 2. The normalized spacial score (nSPS) is 12.9. The number of hydrogen-bond donors (Lipinski definition) is 3. The van der Waals surface area contributed by atoms with Gasteiger partial charge in [0.2, 0.25) is 0 Å². The highest BCUT2D eigenvalue weighted by Gasteiger charge is 2.21. The van der Waals surface area contributed by atoms with E-state index in [9.17, 15) is 13.9 Å². The summed E-state index contributed by atoms with van der Waals surface area (Å²) in [4.78, 5) is 0. The molecule has 1 aromatic rings. The van der Waals surface area contributed by atoms with Crippen molar-refractivity contribution >= 4 is 15.9 Å². The molecule has 0 unspecified atom stereocenters. The van der Waals surface area contributed by atoms with E-state index in [0.29, 0.717) is 0 Å². The molecule has 0 radical (unpaired) electrons. The van der Waals surface area contributed by atoms with Gasteiger partial charge in [-0.05, 0) is 22.0 Å². The Morgan fingerprint density at radius 2 is 2.07 bits per heavy atom. The van der Waals surface area contributed by atoms with E-state index in [4.69, 9.17) is 10.8 Å². The van der Waals surface area contributed by atoms with Gasteiger partial charge >= 0.3 is 0 Å². The van der Waals surface area contributed by atoms with Crippen molar-refractivity contribution in [2.75, 3.05) is 6.61 Å². The van der Waals surface area contributed by atoms with Crippen LogP contribution in [0.4, 0.5) is 8.78 Å². The number of nitrogens with two attached hydrogens (primary N) is 1. The van der Waals surface area contributed by atoms with Gasteiger partial charge in [-0.15, -0.1) is 0 Å². The van der Waals surface area contributed by atoms with Gasteiger partial charge < -0.3 is 15.9 Å². The van der Waals surface area contributed by atoms with Crippen molar-refractivity contribution in [3.8, 4) is 5.75 Å². The largest absolute Gasteiger partial charge is 0.506 e. The number of aliphatic hydroxyl groups excluding tert-OH is 1. The first-order chi connectivity index (χ1) is 6.49. The molecule has 6 heteroatoms. The standard InChI is InChI=1S/C8H8BrF2NO2/c9-3-1-4(10)7(11)6(8(3)14)5(12)2-13/h1,5,13-14H,2,12H2/t5-/m1/s1. The zero-order valence-electron chi connectivity index (χ0n) is 6.97. The minimum absolute atomic E-state index is 0.00435. The number of benzene rings is 1. The summed E-state index contributed by atoms with van der Waals surface area (Å²) < 4.78 is 26.0. The van der Waals surface area contributed by atoms with Gasteiger partial charge in [0.25, 0.3) is 0 Å². The summed E-state index contributed by atoms with van der Waals surface area (Å²) in [5.41, 5.74) is 4.87. The Bertz CT molecular complexity index is 333. The SMILES string of the molecule is N[C@H](CO)c1c(O)c(Br)cc(F)c1F. The molecule has 0 amide bonds. The second-order valence-corrected chi connectivity index (χ2v) is 3.56. The summed E-state index contributed by atoms with van der Waals surface area (Å²) in [6.45, 7) is -0.583. The summed E-state index contributed by atoms with van der Waals surface area (Å²) in [7, 11) is 0. The third kappa shape index (κ3) is 1.87. The van der Waals surface area contributed by atoms with Gasteiger partial charge in [-0.3, -0.25) is 0 Å². The summed E-state index contributed by atoms with van der Waals surface area (Å²) in [6.07, 6.45) is 0. The Labute approximate surface area is 87.3 Å². The lowest BCUT2D eigenvalue weighted by Gasteiger charge is -2.13. The molecule has 0 aliphatic carbocycles. The van der Waals surface area contributed by atoms with Crippen LogP contribution in [-0.2, 0) is 0 Å². The molecule has 0 aliphatic rings. The topological polar surface area (TPSA) is 66.5 Å². The highest BCUT2D eigenvalue weighted by atomic mass is 79.9. The molecule has 78 valence electrons. The molecule has 3 nitrogen and oxygen atoms in total. The molecule has 4 N–H and O–H groups in total. The molecule has 0 spiro atoms. The first kappa shape index (κ1) is 11.4. The minimum Gasteiger partial charge on any atom is -0.506 e. The smallest absolute Gasteiger partial charge is 0.167 e. The van der Waals surface area contributed by atoms with E-state index >= 15 is 0 Å². The molecular weight excluding hydrogens is 260 g/mol. The van der Waals surface area contributed by atoms with E-state index in [1.54, 1.807) is 0 Å². The van der Waals surface area contributed by atoms with Crippen molar-refractivity contribution in [3.63, 3.8) is 0 Å². The molecule has 14 heavy (non-hydrogen) atoms. The zero-order chi connectivity index (χ0) is 10.9. The summed E-state index contributed by atoms with van der Waals surface area (Å²) >= 11 is 2.83. The van der Waals surface area contributed by atoms with Gasteiger partial charge in [0, 0.05) is 0 Å². The molecule has 0 saturated carbocycles. The molecule has 0 bridgehead atoms. The van der Waals surface area contributed by atoms with E-state index in [1.807, 2.05) is 0 Å². The maximum absolute atomic E-state index is 13.1. The first-order valence-electron chi connectivity index (χ1n) is 3.71. The Hall–Kier alpha value is -0.720. The highest BCUT2D eigenvalue weighted by Crippen LogP contribution is 2.34. The third-order valence-electron chi connectivity index (χ3n) is 1.75. The van der Waals surface area contributed by atoms with Crippen LogP contribution < -0.4 is 5.73 Å². The van der Waals surface area contributed by atoms with Gasteiger partial charge in [-0.1, -0.05) is 0 Å². The van der Waals surface area contributed by atoms with Gasteiger partial charge in [-0.25, -0.2) is 8.78 Å². The number of halogens is 3. The van der Waals surface area contributed by atoms with E-state index in [-0.39, 0.29) is 4.47 Å². The molecule has 1 atom stereocenters. The molecule has 0 aliphatic heterocycles. The van der Waals surface area contributed by atoms with Crippen molar-refractivity contribution in [2.45, 2.75) is 6.04 Å². The Morgan fingerprint density at radius 1 is 1.50 bits per heavy atom. The van der Waals surface area contributed by atoms with E-state index in [1.165, 1.54) is 0 Å². The fourth-order valence-electron chi connectivity index (χ4n) is 1.03. The van der Waals surface area contributed by atoms with Crippen molar-refractivity contribution in [3.05, 3.63) is 27.7 Å². The molecule has 0 aromatic heterocycles. The van der Waals surface area contributed by atoms with Crippen molar-refractivity contribution < 1.29 is 19.0 Å². The number of aromatic hydroxyl groups is 1. The lowest BCUT2D eigenvalue weighted by atomic mass is 10.1. The second-order valence-electron chi connectivity index (χ2n) is 2.71. The summed E-state index contributed by atoms with van der Waals surface area (Å²) in [6, 6.07) is -0.361. The molecule has 0 saturated heterocycles. The average molecular weight is 268 g/mol. The van der Waals surface area contributed by atoms with E-state index in [0.717, 1.165) is 6.07 Å². The predicted molar refractivity (Wildman–Crippen MR) is 49.7 cm³/mol. The number of phenolic OH excluding ortho intramolecular Hbond substituents is 1. The van der Waals surface area contributed by atoms with Crippen LogP contribution >= 0.6 is 15.9 Å². The monoisotopic (exact) mass is 267 g/mol. The van der Waals surface area contributed by atoms with Gasteiger partial charge in [-0.2, -0.15) is 0 Å². The maximum Gasteiger partial charge on any atom is 0.167 e. The van der Waals surface area contributed by atoms with Crippen LogP contribution in [0.3, 0.4) is 0 Å². The predicted octanol–water partition coefficient (Wildman–Crippen LogP) is 1.42. The van der Waals surface area contributed by atoms with Crippen molar-refractivity contribution in [1.82, 2.24) is 0 Å². The molecule has 0 heterocycles. The number of aliphatic hydroxyl groups is 1. The fraction of sp³-hybridized carbons (Fsp3) is 0.250. The quantitative estimate of drug-likeness (QED) is 0.711. The van der Waals surface area contributed by atoms with Crippen LogP contribution in [0.15, 0.2) is 10.5 Å². The Morgan fingerprint density at radius 3 is 2.57 bits per heavy atom. The van der Waals surface area contributed by atoms with Crippen LogP contribution in [0.2, 0.25) is 0 Å². The number of hydrogen-bond acceptors (Lipinski definition) is 3. The third-order valence-corrected chi connectivity index (χ3v) is 2.35. The van der Waals surface area contributed by atoms with Gasteiger partial charge in [0.1, 0.15) is 5.75 Å². The van der Waals surface area contributed by atoms with Crippen LogP contribution in [0.1, 0.15) is 11.6 Å². The lowest BCUT2D eigenvalue weighted by molar-refractivity contribution is 0.261. The number of phenols is 1. The van der Waals surface area contributed by atoms with Crippen LogP contribution in [-0.4, -0.2) is 16.8 Å². The average Bonchev–Trinajstić information content (AvgIpc) is 2.15. The Balaban J connectivity index is 3.39. The maximum atomic E-state index is 13.1. The minimum atomic E-state index is -1.24. The van der Waals surface area contributed by atoms with E-state index < -0.39 is 35.6 Å². The van der Waals surface area contributed by atoms with Gasteiger partial charge in [0.05, 0.1) is 22.7 Å². The molecular formula is C8H8BrF2NO2. The highest BCUT2D eigenvalue weighted by molar-refractivity contribution is 9.10. The Kier molecular flexibility index (Phi) is 3.41. The summed E-state index contributed by atoms with van der Waals surface area (Å²) in [5.74, 6) is -2.87. The fourth-order valence-corrected chi connectivity index (χ4v) is 1.45. The molecule has 0 fully saturated rings. The molecule has 1 rings (SSSR count). The first-order valence-corrected chi connectivity index (χ1v) is 4.51. The van der Waals surface area contributed by atoms with E-state index in [2.05, 4.69) is 15.9 Å². The molecule has 1 aromatic carbocycles. The van der Waals surface area contributed by atoms with Crippen LogP contribution in [0.25, 0.3) is 0 Å².